The van der Waals surface area contributed by atoms with Crippen molar-refractivity contribution in [1.82, 2.24) is 0 Å². The second kappa shape index (κ2) is 4.38. The monoisotopic (exact) mass is 157 g/mol. The van der Waals surface area contributed by atoms with Gasteiger partial charge in [-0.1, -0.05) is 6.58 Å². The highest BCUT2D eigenvalue weighted by atomic mass is 19.1. The van der Waals surface area contributed by atoms with Crippen LogP contribution in [0.4, 0.5) is 4.39 Å². The van der Waals surface area contributed by atoms with E-state index in [9.17, 15) is 14.5 Å². The summed E-state index contributed by atoms with van der Waals surface area (Å²) in [7, 11) is 0. The van der Waals surface area contributed by atoms with Crippen molar-refractivity contribution >= 4 is 0 Å². The maximum absolute atomic E-state index is 11.9. The molecule has 0 saturated carbocycles. The summed E-state index contributed by atoms with van der Waals surface area (Å²) in [5.41, 5.74) is -0.149. The second-order valence-electron chi connectivity index (χ2n) is 1.75. The minimum atomic E-state index is -0.703. The molecule has 0 N–H and O–H groups in total. The smallest absolute Gasteiger partial charge is 0.258 e. The van der Waals surface area contributed by atoms with E-state index in [0.29, 0.717) is 0 Å². The lowest BCUT2D eigenvalue weighted by Gasteiger charge is -1.86. The van der Waals surface area contributed by atoms with Crippen LogP contribution in [0.15, 0.2) is 36.3 Å². The lowest BCUT2D eigenvalue weighted by molar-refractivity contribution is -0.419. The molecule has 0 aromatic rings. The Hall–Kier alpha value is -1.45. The highest BCUT2D eigenvalue weighted by molar-refractivity contribution is 5.17. The van der Waals surface area contributed by atoms with E-state index in [1.807, 2.05) is 0 Å². The van der Waals surface area contributed by atoms with Crippen LogP contribution in [0.2, 0.25) is 0 Å². The van der Waals surface area contributed by atoms with Gasteiger partial charge in [0.05, 0.1) is 4.92 Å². The second-order valence-corrected chi connectivity index (χ2v) is 1.75. The molecule has 0 radical (unpaired) electrons. The molecule has 0 aliphatic heterocycles. The molecule has 0 fully saturated rings. The van der Waals surface area contributed by atoms with Crippen molar-refractivity contribution in [3.8, 4) is 0 Å². The first kappa shape index (κ1) is 9.55. The van der Waals surface area contributed by atoms with Crippen LogP contribution in [-0.4, -0.2) is 4.92 Å². The quantitative estimate of drug-likeness (QED) is 0.358. The van der Waals surface area contributed by atoms with Gasteiger partial charge < -0.3 is 0 Å². The van der Waals surface area contributed by atoms with Crippen LogP contribution in [0.25, 0.3) is 0 Å². The van der Waals surface area contributed by atoms with Crippen molar-refractivity contribution in [2.24, 2.45) is 0 Å². The number of allylic oxidation sites excluding steroid dienone is 4. The zero-order valence-electron chi connectivity index (χ0n) is 6.08. The van der Waals surface area contributed by atoms with Crippen LogP contribution in [0, 0.1) is 10.1 Å². The van der Waals surface area contributed by atoms with Crippen molar-refractivity contribution in [3.63, 3.8) is 0 Å². The lowest BCUT2D eigenvalue weighted by atomic mass is 10.3. The van der Waals surface area contributed by atoms with E-state index in [0.717, 1.165) is 12.2 Å². The molecular weight excluding hydrogens is 149 g/mol. The predicted octanol–water partition coefficient (Wildman–Crippen LogP) is 2.21. The third-order valence-electron chi connectivity index (χ3n) is 0.942. The normalized spacial score (nSPS) is 12.0. The molecule has 60 valence electrons. The zero-order valence-corrected chi connectivity index (χ0v) is 6.08. The molecule has 0 unspecified atom stereocenters. The Bertz CT molecular complexity index is 231. The molecule has 0 rings (SSSR count). The maximum Gasteiger partial charge on any atom is 0.265 e. The van der Waals surface area contributed by atoms with Gasteiger partial charge in [-0.05, 0) is 19.1 Å². The van der Waals surface area contributed by atoms with Crippen molar-refractivity contribution in [1.29, 1.82) is 0 Å². The summed E-state index contributed by atoms with van der Waals surface area (Å²) in [5.74, 6) is -0.703. The Balaban J connectivity index is 4.34. The SMILES string of the molecule is C=C(F)/C=C\C(=C/C)[N+](=O)[O-]. The molecule has 0 aliphatic carbocycles. The summed E-state index contributed by atoms with van der Waals surface area (Å²) in [6.07, 6.45) is 3.28. The largest absolute Gasteiger partial charge is 0.265 e. The zero-order chi connectivity index (χ0) is 8.85. The fourth-order valence-electron chi connectivity index (χ4n) is 0.438. The Morgan fingerprint density at radius 3 is 2.45 bits per heavy atom. The third-order valence-corrected chi connectivity index (χ3v) is 0.942. The minimum Gasteiger partial charge on any atom is -0.258 e. The first-order valence-corrected chi connectivity index (χ1v) is 2.91. The van der Waals surface area contributed by atoms with E-state index in [-0.39, 0.29) is 5.70 Å². The lowest BCUT2D eigenvalue weighted by Crippen LogP contribution is -1.93. The van der Waals surface area contributed by atoms with E-state index in [1.54, 1.807) is 0 Å². The number of nitro groups is 1. The van der Waals surface area contributed by atoms with Gasteiger partial charge in [0, 0.05) is 6.08 Å². The van der Waals surface area contributed by atoms with Crippen LogP contribution in [0.3, 0.4) is 0 Å². The van der Waals surface area contributed by atoms with Gasteiger partial charge in [-0.3, -0.25) is 10.1 Å². The van der Waals surface area contributed by atoms with Crippen LogP contribution in [0.5, 0.6) is 0 Å². The van der Waals surface area contributed by atoms with Crippen LogP contribution in [-0.2, 0) is 0 Å². The van der Waals surface area contributed by atoms with Gasteiger partial charge in [-0.15, -0.1) is 0 Å². The van der Waals surface area contributed by atoms with Gasteiger partial charge in [-0.2, -0.15) is 0 Å². The highest BCUT2D eigenvalue weighted by Crippen LogP contribution is 2.01. The Morgan fingerprint density at radius 1 is 1.64 bits per heavy atom. The highest BCUT2D eigenvalue weighted by Gasteiger charge is 2.01. The number of rotatable bonds is 3. The van der Waals surface area contributed by atoms with E-state index in [4.69, 9.17) is 0 Å². The summed E-state index contributed by atoms with van der Waals surface area (Å²) in [6, 6.07) is 0. The maximum atomic E-state index is 11.9. The summed E-state index contributed by atoms with van der Waals surface area (Å²) in [4.78, 5) is 9.48. The molecule has 0 aromatic heterocycles. The predicted molar refractivity (Wildman–Crippen MR) is 40.1 cm³/mol. The molecular formula is C7H8FNO2. The van der Waals surface area contributed by atoms with Gasteiger partial charge in [0.2, 0.25) is 0 Å². The summed E-state index contributed by atoms with van der Waals surface area (Å²) in [5, 5.41) is 10.1. The number of hydrogen-bond acceptors (Lipinski definition) is 2. The average Bonchev–Trinajstić information content (AvgIpc) is 1.87. The molecule has 0 aromatic carbocycles. The topological polar surface area (TPSA) is 43.1 Å². The van der Waals surface area contributed by atoms with Crippen LogP contribution in [0.1, 0.15) is 6.92 Å². The number of halogens is 1. The number of hydrogen-bond donors (Lipinski definition) is 0. The summed E-state index contributed by atoms with van der Waals surface area (Å²) < 4.78 is 11.9. The van der Waals surface area contributed by atoms with E-state index in [2.05, 4.69) is 6.58 Å². The third kappa shape index (κ3) is 4.02. The molecule has 0 heterocycles. The fraction of sp³-hybridized carbons (Fsp3) is 0.143. The van der Waals surface area contributed by atoms with Gasteiger partial charge in [0.25, 0.3) is 5.70 Å². The minimum absolute atomic E-state index is 0.149. The van der Waals surface area contributed by atoms with Crippen molar-refractivity contribution < 1.29 is 9.31 Å². The van der Waals surface area contributed by atoms with Crippen molar-refractivity contribution in [2.45, 2.75) is 6.92 Å². The molecule has 4 heteroatoms. The Morgan fingerprint density at radius 2 is 2.18 bits per heavy atom. The van der Waals surface area contributed by atoms with E-state index >= 15 is 0 Å². The first-order valence-electron chi connectivity index (χ1n) is 2.91. The summed E-state index contributed by atoms with van der Waals surface area (Å²) in [6.45, 7) is 4.42. The van der Waals surface area contributed by atoms with Crippen molar-refractivity contribution in [3.05, 3.63) is 46.4 Å². The van der Waals surface area contributed by atoms with Crippen molar-refractivity contribution in [2.75, 3.05) is 0 Å². The Kier molecular flexibility index (Phi) is 3.80. The molecule has 0 atom stereocenters. The Labute approximate surface area is 63.7 Å². The van der Waals surface area contributed by atoms with Gasteiger partial charge in [-0.25, -0.2) is 4.39 Å². The molecule has 0 bridgehead atoms. The van der Waals surface area contributed by atoms with Gasteiger partial charge >= 0.3 is 0 Å². The number of nitrogens with zero attached hydrogens (tertiary/aromatic N) is 1. The van der Waals surface area contributed by atoms with Gasteiger partial charge in [0.15, 0.2) is 0 Å². The molecule has 0 spiro atoms. The molecule has 11 heavy (non-hydrogen) atoms. The van der Waals surface area contributed by atoms with Gasteiger partial charge in [0.1, 0.15) is 5.83 Å². The molecule has 0 aliphatic rings. The summed E-state index contributed by atoms with van der Waals surface area (Å²) >= 11 is 0. The van der Waals surface area contributed by atoms with Crippen LogP contribution < -0.4 is 0 Å². The fourth-order valence-corrected chi connectivity index (χ4v) is 0.438. The standard InChI is InChI=1S/C7H8FNO2/c1-3-7(9(10)11)5-4-6(2)8/h3-5H,2H2,1H3/b5-4-,7-3+. The molecule has 0 amide bonds. The first-order chi connectivity index (χ1) is 5.07. The molecule has 0 saturated heterocycles. The van der Waals surface area contributed by atoms with Crippen LogP contribution >= 0.6 is 0 Å². The van der Waals surface area contributed by atoms with E-state index < -0.39 is 10.8 Å². The average molecular weight is 157 g/mol. The molecule has 3 nitrogen and oxygen atoms in total. The van der Waals surface area contributed by atoms with E-state index in [1.165, 1.54) is 13.0 Å².